The average molecular weight is 279 g/mol. The van der Waals surface area contributed by atoms with Crippen LogP contribution in [0.4, 0.5) is 0 Å². The van der Waals surface area contributed by atoms with Gasteiger partial charge in [0.05, 0.1) is 19.3 Å². The molecule has 0 spiro atoms. The van der Waals surface area contributed by atoms with Crippen molar-refractivity contribution in [2.24, 2.45) is 0 Å². The van der Waals surface area contributed by atoms with Crippen LogP contribution in [0.2, 0.25) is 0 Å². The van der Waals surface area contributed by atoms with Gasteiger partial charge in [-0.15, -0.1) is 0 Å². The van der Waals surface area contributed by atoms with Crippen LogP contribution >= 0.6 is 0 Å². The Bertz CT molecular complexity index is 489. The monoisotopic (exact) mass is 279 g/mol. The zero-order valence-electron chi connectivity index (χ0n) is 12.0. The Kier molecular flexibility index (Phi) is 3.58. The van der Waals surface area contributed by atoms with Crippen molar-refractivity contribution in [2.75, 3.05) is 33.1 Å². The molecule has 0 amide bonds. The first kappa shape index (κ1) is 13.7. The fourth-order valence-electron chi connectivity index (χ4n) is 2.66. The molecular formula is C15H21NO4. The van der Waals surface area contributed by atoms with Gasteiger partial charge in [-0.25, -0.2) is 0 Å². The van der Waals surface area contributed by atoms with Gasteiger partial charge in [0.1, 0.15) is 0 Å². The summed E-state index contributed by atoms with van der Waals surface area (Å²) in [6, 6.07) is 5.61. The van der Waals surface area contributed by atoms with Crippen molar-refractivity contribution in [3.05, 3.63) is 23.8 Å². The normalized spacial score (nSPS) is 22.8. The lowest BCUT2D eigenvalue weighted by atomic mass is 10.00. The summed E-state index contributed by atoms with van der Waals surface area (Å²) in [6.45, 7) is 7.38. The molecule has 0 saturated carbocycles. The molecule has 1 fully saturated rings. The smallest absolute Gasteiger partial charge is 0.231 e. The molecule has 1 unspecified atom stereocenters. The van der Waals surface area contributed by atoms with Gasteiger partial charge >= 0.3 is 0 Å². The van der Waals surface area contributed by atoms with E-state index in [1.807, 2.05) is 18.2 Å². The van der Waals surface area contributed by atoms with E-state index >= 15 is 0 Å². The molecule has 1 saturated heterocycles. The van der Waals surface area contributed by atoms with Crippen LogP contribution < -0.4 is 9.47 Å². The van der Waals surface area contributed by atoms with E-state index in [9.17, 15) is 5.11 Å². The van der Waals surface area contributed by atoms with E-state index in [0.717, 1.165) is 24.5 Å². The fraction of sp³-hybridized carbons (Fsp3) is 0.600. The Morgan fingerprint density at radius 2 is 2.10 bits per heavy atom. The van der Waals surface area contributed by atoms with Gasteiger partial charge < -0.3 is 19.3 Å². The zero-order valence-corrected chi connectivity index (χ0v) is 12.0. The third kappa shape index (κ3) is 2.61. The second-order valence-electron chi connectivity index (χ2n) is 5.94. The van der Waals surface area contributed by atoms with Gasteiger partial charge in [0.25, 0.3) is 0 Å². The van der Waals surface area contributed by atoms with Crippen LogP contribution in [-0.2, 0) is 4.74 Å². The fourth-order valence-corrected chi connectivity index (χ4v) is 2.66. The summed E-state index contributed by atoms with van der Waals surface area (Å²) >= 11 is 0. The molecule has 0 aliphatic carbocycles. The molecule has 2 aliphatic rings. The van der Waals surface area contributed by atoms with Crippen molar-refractivity contribution in [1.29, 1.82) is 0 Å². The van der Waals surface area contributed by atoms with Crippen LogP contribution in [0, 0.1) is 0 Å². The number of rotatable bonds is 3. The maximum atomic E-state index is 10.5. The number of ether oxygens (including phenoxy) is 3. The number of hydrogen-bond acceptors (Lipinski definition) is 5. The van der Waals surface area contributed by atoms with E-state index in [-0.39, 0.29) is 12.3 Å². The van der Waals surface area contributed by atoms with Crippen molar-refractivity contribution >= 4 is 0 Å². The number of morpholine rings is 1. The Balaban J connectivity index is 1.71. The van der Waals surface area contributed by atoms with Crippen molar-refractivity contribution in [3.8, 4) is 11.5 Å². The molecule has 110 valence electrons. The van der Waals surface area contributed by atoms with Crippen molar-refractivity contribution < 1.29 is 19.3 Å². The van der Waals surface area contributed by atoms with E-state index in [0.29, 0.717) is 18.9 Å². The lowest BCUT2D eigenvalue weighted by Crippen LogP contribution is -2.54. The van der Waals surface area contributed by atoms with E-state index in [2.05, 4.69) is 18.7 Å². The predicted molar refractivity (Wildman–Crippen MR) is 74.0 cm³/mol. The molecule has 1 aromatic carbocycles. The molecule has 1 N–H and O–H groups in total. The van der Waals surface area contributed by atoms with E-state index < -0.39 is 6.10 Å². The van der Waals surface area contributed by atoms with Crippen molar-refractivity contribution in [2.45, 2.75) is 25.5 Å². The van der Waals surface area contributed by atoms with Gasteiger partial charge in [-0.2, -0.15) is 0 Å². The summed E-state index contributed by atoms with van der Waals surface area (Å²) in [7, 11) is 0. The molecular weight excluding hydrogens is 258 g/mol. The summed E-state index contributed by atoms with van der Waals surface area (Å²) in [5, 5.41) is 10.5. The third-order valence-corrected chi connectivity index (χ3v) is 3.99. The minimum atomic E-state index is -0.540. The van der Waals surface area contributed by atoms with Gasteiger partial charge in [0.2, 0.25) is 6.79 Å². The summed E-state index contributed by atoms with van der Waals surface area (Å²) in [5.74, 6) is 1.45. The van der Waals surface area contributed by atoms with Crippen molar-refractivity contribution in [1.82, 2.24) is 4.90 Å². The van der Waals surface area contributed by atoms with Crippen molar-refractivity contribution in [3.63, 3.8) is 0 Å². The molecule has 0 aromatic heterocycles. The molecule has 5 heteroatoms. The minimum Gasteiger partial charge on any atom is -0.454 e. The average Bonchev–Trinajstić information content (AvgIpc) is 2.88. The third-order valence-electron chi connectivity index (χ3n) is 3.99. The minimum absolute atomic E-state index is 0.0461. The van der Waals surface area contributed by atoms with E-state index in [1.54, 1.807) is 0 Å². The Morgan fingerprint density at radius 1 is 1.30 bits per heavy atom. The summed E-state index contributed by atoms with van der Waals surface area (Å²) < 4.78 is 16.1. The highest BCUT2D eigenvalue weighted by atomic mass is 16.7. The molecule has 1 atom stereocenters. The van der Waals surface area contributed by atoms with E-state index in [4.69, 9.17) is 14.2 Å². The van der Waals surface area contributed by atoms with Crippen LogP contribution in [0.1, 0.15) is 25.5 Å². The maximum absolute atomic E-state index is 10.5. The van der Waals surface area contributed by atoms with Gasteiger partial charge in [-0.05, 0) is 31.5 Å². The van der Waals surface area contributed by atoms with Gasteiger partial charge in [0.15, 0.2) is 11.5 Å². The number of nitrogens with zero attached hydrogens (tertiary/aromatic N) is 1. The lowest BCUT2D eigenvalue weighted by Gasteiger charge is -2.43. The molecule has 20 heavy (non-hydrogen) atoms. The molecule has 1 aromatic rings. The number of fused-ring (bicyclic) bond motifs is 1. The Labute approximate surface area is 119 Å². The number of aliphatic hydroxyl groups excluding tert-OH is 1. The second kappa shape index (κ2) is 5.24. The predicted octanol–water partition coefficient (Wildman–Crippen LogP) is 1.56. The molecule has 2 heterocycles. The molecule has 0 radical (unpaired) electrons. The standard InChI is InChI=1S/C15H21NO4/c1-15(2)9-18-6-5-16(15)8-12(17)11-3-4-13-14(7-11)20-10-19-13/h3-4,7,12,17H,5-6,8-10H2,1-2H3. The maximum Gasteiger partial charge on any atom is 0.231 e. The first-order chi connectivity index (χ1) is 9.56. The topological polar surface area (TPSA) is 51.2 Å². The van der Waals surface area contributed by atoms with Crippen LogP contribution in [-0.4, -0.2) is 48.6 Å². The SMILES string of the molecule is CC1(C)COCCN1CC(O)c1ccc2c(c1)OCO2. The molecule has 3 rings (SSSR count). The van der Waals surface area contributed by atoms with Gasteiger partial charge in [-0.1, -0.05) is 6.07 Å². The van der Waals surface area contributed by atoms with Crippen LogP contribution in [0.25, 0.3) is 0 Å². The van der Waals surface area contributed by atoms with Crippen LogP contribution in [0.3, 0.4) is 0 Å². The second-order valence-corrected chi connectivity index (χ2v) is 5.94. The zero-order chi connectivity index (χ0) is 14.2. The quantitative estimate of drug-likeness (QED) is 0.910. The number of aliphatic hydroxyl groups is 1. The number of hydrogen-bond donors (Lipinski definition) is 1. The number of β-amino-alcohol motifs (C(OH)–C–C–N with tert-alkyl or cyclic N) is 1. The lowest BCUT2D eigenvalue weighted by molar-refractivity contribution is -0.0667. The molecule has 2 aliphatic heterocycles. The first-order valence-electron chi connectivity index (χ1n) is 6.97. The highest BCUT2D eigenvalue weighted by Crippen LogP contribution is 2.34. The van der Waals surface area contributed by atoms with Gasteiger partial charge in [-0.3, -0.25) is 4.90 Å². The van der Waals surface area contributed by atoms with Crippen LogP contribution in [0.5, 0.6) is 11.5 Å². The largest absolute Gasteiger partial charge is 0.454 e. The van der Waals surface area contributed by atoms with Crippen LogP contribution in [0.15, 0.2) is 18.2 Å². The van der Waals surface area contributed by atoms with Gasteiger partial charge in [0, 0.05) is 18.6 Å². The highest BCUT2D eigenvalue weighted by molar-refractivity contribution is 5.45. The Hall–Kier alpha value is -1.30. The highest BCUT2D eigenvalue weighted by Gasteiger charge is 2.32. The number of benzene rings is 1. The summed E-state index contributed by atoms with van der Waals surface area (Å²) in [4.78, 5) is 2.27. The first-order valence-corrected chi connectivity index (χ1v) is 6.97. The molecule has 0 bridgehead atoms. The summed E-state index contributed by atoms with van der Waals surface area (Å²) in [6.07, 6.45) is -0.540. The summed E-state index contributed by atoms with van der Waals surface area (Å²) in [5.41, 5.74) is 0.812. The molecule has 5 nitrogen and oxygen atoms in total. The van der Waals surface area contributed by atoms with E-state index in [1.165, 1.54) is 0 Å². The Morgan fingerprint density at radius 3 is 2.90 bits per heavy atom.